The smallest absolute Gasteiger partial charge is 0.316 e. The summed E-state index contributed by atoms with van der Waals surface area (Å²) in [6.45, 7) is 0.0253. The van der Waals surface area contributed by atoms with Crippen LogP contribution in [0.3, 0.4) is 0 Å². The molecule has 0 unspecified atom stereocenters. The summed E-state index contributed by atoms with van der Waals surface area (Å²) in [5.41, 5.74) is 0.560. The quantitative estimate of drug-likeness (QED) is 0.146. The van der Waals surface area contributed by atoms with Crippen LogP contribution in [0.15, 0.2) is 54.6 Å². The maximum atomic E-state index is 12.8. The van der Waals surface area contributed by atoms with Gasteiger partial charge in [0.2, 0.25) is 17.7 Å². The fourth-order valence-electron chi connectivity index (χ4n) is 5.02. The molecule has 11 heteroatoms. The molecule has 2 saturated heterocycles. The lowest BCUT2D eigenvalue weighted by Gasteiger charge is -2.19. The van der Waals surface area contributed by atoms with Crippen molar-refractivity contribution in [2.24, 2.45) is 17.8 Å². The molecule has 2 aliphatic heterocycles. The highest BCUT2D eigenvalue weighted by molar-refractivity contribution is 6.22. The van der Waals surface area contributed by atoms with Gasteiger partial charge >= 0.3 is 5.97 Å². The van der Waals surface area contributed by atoms with Crippen LogP contribution in [0.25, 0.3) is 0 Å². The first-order valence-electron chi connectivity index (χ1n) is 11.8. The van der Waals surface area contributed by atoms with Crippen LogP contribution in [-0.2, 0) is 19.2 Å². The van der Waals surface area contributed by atoms with Gasteiger partial charge in [0.05, 0.1) is 47.2 Å². The van der Waals surface area contributed by atoms with E-state index in [4.69, 9.17) is 9.47 Å². The number of carbonyl (C=O) groups excluding carboxylic acids is 4. The Bertz CT molecular complexity index is 1310. The van der Waals surface area contributed by atoms with Crippen molar-refractivity contribution in [3.8, 4) is 11.5 Å². The first-order chi connectivity index (χ1) is 17.8. The number of ether oxygens (including phenoxy) is 2. The third kappa shape index (κ3) is 4.32. The standard InChI is InChI=1S/C26H23N3O8/c1-36-22-13-17(29(34)35)8-11-21(22)27-14-15(12-23(27)30)26(33)37-18-9-6-16(7-10-18)28-24(31)19-4-2-3-5-20(19)25(28)32/h2-3,6-11,13,15,19-20H,4-5,12,14H2,1H3/t15-,19-,20+/m1/s1. The number of anilines is 2. The van der Waals surface area contributed by atoms with E-state index >= 15 is 0 Å². The number of carbonyl (C=O) groups is 4. The molecule has 0 saturated carbocycles. The maximum Gasteiger partial charge on any atom is 0.316 e. The Morgan fingerprint density at radius 3 is 2.24 bits per heavy atom. The molecular formula is C26H23N3O8. The van der Waals surface area contributed by atoms with E-state index in [1.807, 2.05) is 12.2 Å². The van der Waals surface area contributed by atoms with Gasteiger partial charge in [-0.15, -0.1) is 0 Å². The second kappa shape index (κ2) is 9.49. The maximum absolute atomic E-state index is 12.8. The molecule has 0 spiro atoms. The van der Waals surface area contributed by atoms with Gasteiger partial charge < -0.3 is 14.4 Å². The Morgan fingerprint density at radius 2 is 1.65 bits per heavy atom. The van der Waals surface area contributed by atoms with Gasteiger partial charge in [0.15, 0.2) is 0 Å². The van der Waals surface area contributed by atoms with E-state index in [1.54, 1.807) is 12.1 Å². The van der Waals surface area contributed by atoms with E-state index in [1.165, 1.54) is 47.2 Å². The summed E-state index contributed by atoms with van der Waals surface area (Å²) in [5, 5.41) is 11.0. The number of nitro groups is 1. The van der Waals surface area contributed by atoms with Crippen molar-refractivity contribution in [1.29, 1.82) is 0 Å². The molecule has 0 aromatic heterocycles. The lowest BCUT2D eigenvalue weighted by Crippen LogP contribution is -2.30. The number of hydrogen-bond acceptors (Lipinski definition) is 8. The van der Waals surface area contributed by atoms with Crippen LogP contribution >= 0.6 is 0 Å². The minimum Gasteiger partial charge on any atom is -0.494 e. The number of methoxy groups -OCH3 is 1. The molecule has 37 heavy (non-hydrogen) atoms. The molecule has 2 heterocycles. The van der Waals surface area contributed by atoms with Crippen molar-refractivity contribution in [3.63, 3.8) is 0 Å². The van der Waals surface area contributed by atoms with E-state index < -0.39 is 16.8 Å². The van der Waals surface area contributed by atoms with Gasteiger partial charge in [0.1, 0.15) is 11.5 Å². The van der Waals surface area contributed by atoms with Crippen LogP contribution < -0.4 is 19.3 Å². The molecule has 2 aromatic carbocycles. The SMILES string of the molecule is COc1cc([N+](=O)[O-])ccc1N1C[C@H](C(=O)Oc2ccc(N3C(=O)[C@H]4CC=CC[C@H]4C3=O)cc2)CC1=O. The van der Waals surface area contributed by atoms with Crippen molar-refractivity contribution >= 4 is 40.8 Å². The van der Waals surface area contributed by atoms with Crippen LogP contribution in [0.2, 0.25) is 0 Å². The molecule has 1 aliphatic carbocycles. The van der Waals surface area contributed by atoms with Gasteiger partial charge in [-0.2, -0.15) is 0 Å². The number of amides is 3. The van der Waals surface area contributed by atoms with Crippen molar-refractivity contribution in [2.45, 2.75) is 19.3 Å². The zero-order valence-electron chi connectivity index (χ0n) is 19.9. The summed E-state index contributed by atoms with van der Waals surface area (Å²) < 4.78 is 10.7. The third-order valence-corrected chi connectivity index (χ3v) is 6.94. The fraction of sp³-hybridized carbons (Fsp3) is 0.308. The Kier molecular flexibility index (Phi) is 6.20. The molecule has 2 fully saturated rings. The lowest BCUT2D eigenvalue weighted by molar-refractivity contribution is -0.384. The number of hydrogen-bond donors (Lipinski definition) is 0. The summed E-state index contributed by atoms with van der Waals surface area (Å²) in [5.74, 6) is -2.49. The number of non-ortho nitro benzene ring substituents is 1. The Labute approximate surface area is 211 Å². The molecule has 0 N–H and O–H groups in total. The number of benzene rings is 2. The number of nitro benzene ring substituents is 1. The zero-order chi connectivity index (χ0) is 26.3. The van der Waals surface area contributed by atoms with Crippen LogP contribution in [0.5, 0.6) is 11.5 Å². The van der Waals surface area contributed by atoms with Crippen molar-refractivity contribution < 1.29 is 33.6 Å². The largest absolute Gasteiger partial charge is 0.494 e. The van der Waals surface area contributed by atoms with Crippen LogP contribution in [-0.4, -0.2) is 42.3 Å². The molecular weight excluding hydrogens is 482 g/mol. The summed E-state index contributed by atoms with van der Waals surface area (Å²) in [7, 11) is 1.34. The summed E-state index contributed by atoms with van der Waals surface area (Å²) in [6.07, 6.45) is 4.84. The highest BCUT2D eigenvalue weighted by Crippen LogP contribution is 2.39. The van der Waals surface area contributed by atoms with E-state index in [2.05, 4.69) is 0 Å². The van der Waals surface area contributed by atoms with Gasteiger partial charge in [-0.1, -0.05) is 12.2 Å². The average molecular weight is 505 g/mol. The number of fused-ring (bicyclic) bond motifs is 1. The first kappa shape index (κ1) is 24.2. The molecule has 3 amide bonds. The summed E-state index contributed by atoms with van der Waals surface area (Å²) in [4.78, 5) is 64.0. The molecule has 5 rings (SSSR count). The number of esters is 1. The van der Waals surface area contributed by atoms with E-state index in [0.717, 1.165) is 0 Å². The van der Waals surface area contributed by atoms with Crippen LogP contribution in [0, 0.1) is 27.9 Å². The average Bonchev–Trinajstić information content (AvgIpc) is 3.41. The predicted octanol–water partition coefficient (Wildman–Crippen LogP) is 3.02. The second-order valence-corrected chi connectivity index (χ2v) is 9.10. The van der Waals surface area contributed by atoms with Gasteiger partial charge in [0, 0.05) is 19.0 Å². The van der Waals surface area contributed by atoms with E-state index in [9.17, 15) is 29.3 Å². The number of nitrogens with zero attached hydrogens (tertiary/aromatic N) is 3. The van der Waals surface area contributed by atoms with Gasteiger partial charge in [-0.25, -0.2) is 0 Å². The molecule has 2 aromatic rings. The molecule has 11 nitrogen and oxygen atoms in total. The van der Waals surface area contributed by atoms with E-state index in [0.29, 0.717) is 24.2 Å². The number of imide groups is 1. The van der Waals surface area contributed by atoms with Crippen molar-refractivity contribution in [1.82, 2.24) is 0 Å². The van der Waals surface area contributed by atoms with Crippen molar-refractivity contribution in [3.05, 3.63) is 64.7 Å². The minimum absolute atomic E-state index is 0.0253. The lowest BCUT2D eigenvalue weighted by atomic mass is 9.85. The third-order valence-electron chi connectivity index (χ3n) is 6.94. The predicted molar refractivity (Wildman–Crippen MR) is 130 cm³/mol. The monoisotopic (exact) mass is 505 g/mol. The number of rotatable bonds is 6. The Balaban J connectivity index is 1.25. The van der Waals surface area contributed by atoms with E-state index in [-0.39, 0.29) is 59.7 Å². The fourth-order valence-corrected chi connectivity index (χ4v) is 5.02. The first-order valence-corrected chi connectivity index (χ1v) is 11.8. The highest BCUT2D eigenvalue weighted by Gasteiger charge is 2.47. The molecule has 3 aliphatic rings. The minimum atomic E-state index is -0.760. The molecule has 190 valence electrons. The molecule has 0 radical (unpaired) electrons. The highest BCUT2D eigenvalue weighted by atomic mass is 16.6. The summed E-state index contributed by atoms with van der Waals surface area (Å²) >= 11 is 0. The van der Waals surface area contributed by atoms with Crippen LogP contribution in [0.1, 0.15) is 19.3 Å². The molecule has 0 bridgehead atoms. The number of allylic oxidation sites excluding steroid dienone is 2. The normalized spacial score (nSPS) is 22.8. The zero-order valence-corrected chi connectivity index (χ0v) is 19.9. The second-order valence-electron chi connectivity index (χ2n) is 9.10. The van der Waals surface area contributed by atoms with Gasteiger partial charge in [-0.3, -0.25) is 34.2 Å². The topological polar surface area (TPSA) is 136 Å². The Hall–Kier alpha value is -4.54. The van der Waals surface area contributed by atoms with Crippen molar-refractivity contribution in [2.75, 3.05) is 23.5 Å². The Morgan fingerprint density at radius 1 is 1.00 bits per heavy atom. The summed E-state index contributed by atoms with van der Waals surface area (Å²) in [6, 6.07) is 10.0. The van der Waals surface area contributed by atoms with Gasteiger partial charge in [0.25, 0.3) is 5.69 Å². The van der Waals surface area contributed by atoms with Crippen LogP contribution in [0.4, 0.5) is 17.1 Å². The molecule has 3 atom stereocenters. The van der Waals surface area contributed by atoms with Gasteiger partial charge in [-0.05, 0) is 43.2 Å².